The number of hydrogen-bond donors (Lipinski definition) is 1. The number of phenolic OH excluding ortho intramolecular Hbond substituents is 1. The Bertz CT molecular complexity index is 804. The summed E-state index contributed by atoms with van der Waals surface area (Å²) in [4.78, 5) is 25.1. The first-order valence-corrected chi connectivity index (χ1v) is 11.2. The molecule has 0 aromatic heterocycles. The average Bonchev–Trinajstić information content (AvgIpc) is 2.76. The fourth-order valence-corrected chi connectivity index (χ4v) is 3.55. The lowest BCUT2D eigenvalue weighted by atomic mass is 10.0. The number of halogens is 1. The van der Waals surface area contributed by atoms with Gasteiger partial charge in [-0.2, -0.15) is 0 Å². The van der Waals surface area contributed by atoms with Crippen molar-refractivity contribution in [3.63, 3.8) is 0 Å². The highest BCUT2D eigenvalue weighted by Gasteiger charge is 2.20. The molecule has 0 aliphatic rings. The Morgan fingerprint density at radius 1 is 0.933 bits per heavy atom. The van der Waals surface area contributed by atoms with Crippen molar-refractivity contribution in [1.82, 2.24) is 0 Å². The van der Waals surface area contributed by atoms with Gasteiger partial charge in [-0.1, -0.05) is 81.8 Å². The molecule has 0 saturated carbocycles. The summed E-state index contributed by atoms with van der Waals surface area (Å²) >= 11 is 6.35. The lowest BCUT2D eigenvalue weighted by Crippen LogP contribution is -2.13. The summed E-state index contributed by atoms with van der Waals surface area (Å²) in [5.74, 6) is -1.15. The van der Waals surface area contributed by atoms with E-state index < -0.39 is 5.97 Å². The molecule has 30 heavy (non-hydrogen) atoms. The molecule has 0 aliphatic carbocycles. The maximum Gasteiger partial charge on any atom is 0.311 e. The number of aromatic hydroxyl groups is 1. The number of alkyl halides is 1. The molecule has 1 N–H and O–H groups in total. The third-order valence-electron chi connectivity index (χ3n) is 5.02. The fourth-order valence-electron chi connectivity index (χ4n) is 3.29. The topological polar surface area (TPSA) is 63.6 Å². The van der Waals surface area contributed by atoms with Gasteiger partial charge < -0.3 is 9.84 Å². The van der Waals surface area contributed by atoms with Crippen LogP contribution in [-0.2, 0) is 4.79 Å². The van der Waals surface area contributed by atoms with Crippen LogP contribution < -0.4 is 4.74 Å². The number of benzene rings is 2. The van der Waals surface area contributed by atoms with Crippen molar-refractivity contribution in [3.05, 3.63) is 59.7 Å². The van der Waals surface area contributed by atoms with Gasteiger partial charge in [0, 0.05) is 17.4 Å². The summed E-state index contributed by atoms with van der Waals surface area (Å²) in [5.41, 5.74) is 0.615. The van der Waals surface area contributed by atoms with Crippen LogP contribution in [0.3, 0.4) is 0 Å². The van der Waals surface area contributed by atoms with Crippen molar-refractivity contribution in [2.45, 2.75) is 70.1 Å². The minimum absolute atomic E-state index is 0.0847. The van der Waals surface area contributed by atoms with Crippen LogP contribution in [0.4, 0.5) is 0 Å². The van der Waals surface area contributed by atoms with E-state index in [4.69, 9.17) is 16.3 Å². The molecular weight excluding hydrogens is 400 g/mol. The number of esters is 1. The number of ketones is 1. The Morgan fingerprint density at radius 3 is 2.37 bits per heavy atom. The van der Waals surface area contributed by atoms with Gasteiger partial charge in [-0.25, -0.2) is 0 Å². The number of phenols is 1. The zero-order valence-electron chi connectivity index (χ0n) is 17.6. The van der Waals surface area contributed by atoms with Crippen LogP contribution in [0.5, 0.6) is 11.5 Å². The molecule has 0 fully saturated rings. The van der Waals surface area contributed by atoms with Crippen LogP contribution in [-0.4, -0.2) is 22.2 Å². The Labute approximate surface area is 184 Å². The number of ether oxygens (including phenoxy) is 1. The molecular formula is C25H31ClO4. The van der Waals surface area contributed by atoms with E-state index in [-0.39, 0.29) is 34.6 Å². The highest BCUT2D eigenvalue weighted by Crippen LogP contribution is 2.32. The van der Waals surface area contributed by atoms with Crippen LogP contribution >= 0.6 is 11.6 Å². The highest BCUT2D eigenvalue weighted by molar-refractivity contribution is 6.20. The van der Waals surface area contributed by atoms with E-state index in [1.165, 1.54) is 31.7 Å². The molecule has 0 spiro atoms. The van der Waals surface area contributed by atoms with Crippen LogP contribution in [0.15, 0.2) is 48.5 Å². The van der Waals surface area contributed by atoms with Crippen molar-refractivity contribution in [3.8, 4) is 11.5 Å². The molecule has 1 atom stereocenters. The second kappa shape index (κ2) is 13.1. The van der Waals surface area contributed by atoms with E-state index in [1.807, 2.05) is 6.07 Å². The highest BCUT2D eigenvalue weighted by atomic mass is 35.5. The number of hydrogen-bond acceptors (Lipinski definition) is 4. The second-order valence-electron chi connectivity index (χ2n) is 7.52. The molecule has 0 radical (unpaired) electrons. The van der Waals surface area contributed by atoms with Gasteiger partial charge >= 0.3 is 5.97 Å². The van der Waals surface area contributed by atoms with E-state index in [2.05, 4.69) is 6.92 Å². The Hall–Kier alpha value is -2.33. The molecule has 2 rings (SSSR count). The number of carbonyl (C=O) groups excluding carboxylic acids is 2. The summed E-state index contributed by atoms with van der Waals surface area (Å²) < 4.78 is 5.37. The van der Waals surface area contributed by atoms with Gasteiger partial charge in [0.05, 0.1) is 5.56 Å². The summed E-state index contributed by atoms with van der Waals surface area (Å²) in [6.45, 7) is 2.20. The van der Waals surface area contributed by atoms with Crippen LogP contribution in [0.1, 0.15) is 80.6 Å². The normalized spacial score (nSPS) is 11.8. The van der Waals surface area contributed by atoms with E-state index in [9.17, 15) is 14.7 Å². The molecule has 0 amide bonds. The molecule has 2 aromatic carbocycles. The molecule has 0 aliphatic heterocycles. The van der Waals surface area contributed by atoms with Crippen molar-refractivity contribution >= 4 is 23.4 Å². The lowest BCUT2D eigenvalue weighted by molar-refractivity contribution is -0.134. The van der Waals surface area contributed by atoms with Gasteiger partial charge in [-0.05, 0) is 25.0 Å². The first-order chi connectivity index (χ1) is 14.5. The summed E-state index contributed by atoms with van der Waals surface area (Å²) in [5, 5.41) is 10.1. The zero-order chi connectivity index (χ0) is 21.8. The molecule has 0 saturated heterocycles. The first-order valence-electron chi connectivity index (χ1n) is 10.8. The number of rotatable bonds is 13. The fraction of sp³-hybridized carbons (Fsp3) is 0.440. The van der Waals surface area contributed by atoms with Crippen molar-refractivity contribution < 1.29 is 19.4 Å². The minimum Gasteiger partial charge on any atom is -0.504 e. The molecule has 0 heterocycles. The standard InChI is InChI=1S/C25H31ClO4/c1-2-3-4-5-6-10-14-20(26)17-18-23(28)30-25-21(15-11-16-22(25)27)24(29)19-12-8-7-9-13-19/h7-9,11-13,15-16,20,27H,2-6,10,14,17-18H2,1H3. The molecule has 2 aromatic rings. The van der Waals surface area contributed by atoms with Crippen LogP contribution in [0.2, 0.25) is 0 Å². The van der Waals surface area contributed by atoms with E-state index >= 15 is 0 Å². The quantitative estimate of drug-likeness (QED) is 0.127. The van der Waals surface area contributed by atoms with Gasteiger partial charge in [-0.15, -0.1) is 11.6 Å². The molecule has 0 bridgehead atoms. The second-order valence-corrected chi connectivity index (χ2v) is 8.13. The van der Waals surface area contributed by atoms with Gasteiger partial charge in [0.2, 0.25) is 0 Å². The molecule has 5 heteroatoms. The maximum atomic E-state index is 12.8. The summed E-state index contributed by atoms with van der Waals surface area (Å²) in [6.07, 6.45) is 8.73. The van der Waals surface area contributed by atoms with Crippen molar-refractivity contribution in [1.29, 1.82) is 0 Å². The smallest absolute Gasteiger partial charge is 0.311 e. The Kier molecular flexibility index (Phi) is 10.4. The summed E-state index contributed by atoms with van der Waals surface area (Å²) in [6, 6.07) is 13.2. The average molecular weight is 431 g/mol. The monoisotopic (exact) mass is 430 g/mol. The number of unbranched alkanes of at least 4 members (excludes halogenated alkanes) is 5. The van der Waals surface area contributed by atoms with Crippen molar-refractivity contribution in [2.24, 2.45) is 0 Å². The first kappa shape index (κ1) is 23.9. The molecule has 1 unspecified atom stereocenters. The maximum absolute atomic E-state index is 12.8. The van der Waals surface area contributed by atoms with Crippen LogP contribution in [0.25, 0.3) is 0 Å². The van der Waals surface area contributed by atoms with Gasteiger partial charge in [0.15, 0.2) is 17.3 Å². The van der Waals surface area contributed by atoms with Crippen molar-refractivity contribution in [2.75, 3.05) is 0 Å². The third-order valence-corrected chi connectivity index (χ3v) is 5.46. The largest absolute Gasteiger partial charge is 0.504 e. The summed E-state index contributed by atoms with van der Waals surface area (Å²) in [7, 11) is 0. The molecule has 4 nitrogen and oxygen atoms in total. The van der Waals surface area contributed by atoms with E-state index in [0.717, 1.165) is 19.3 Å². The Balaban J connectivity index is 1.87. The lowest BCUT2D eigenvalue weighted by Gasteiger charge is -2.12. The third kappa shape index (κ3) is 7.83. The minimum atomic E-state index is -0.507. The number of carbonyl (C=O) groups is 2. The zero-order valence-corrected chi connectivity index (χ0v) is 18.4. The SMILES string of the molecule is CCCCCCCCC(Cl)CCC(=O)Oc1c(O)cccc1C(=O)c1ccccc1. The molecule has 162 valence electrons. The van der Waals surface area contributed by atoms with Crippen LogP contribution in [0, 0.1) is 0 Å². The van der Waals surface area contributed by atoms with Gasteiger partial charge in [-0.3, -0.25) is 9.59 Å². The number of para-hydroxylation sites is 1. The van der Waals surface area contributed by atoms with Gasteiger partial charge in [0.1, 0.15) is 0 Å². The predicted molar refractivity (Wildman–Crippen MR) is 120 cm³/mol. The Morgan fingerprint density at radius 2 is 1.63 bits per heavy atom. The van der Waals surface area contributed by atoms with Gasteiger partial charge in [0.25, 0.3) is 0 Å². The van der Waals surface area contributed by atoms with E-state index in [1.54, 1.807) is 36.4 Å². The van der Waals surface area contributed by atoms with E-state index in [0.29, 0.717) is 12.0 Å². The predicted octanol–water partition coefficient (Wildman–Crippen LogP) is 6.67.